The fourth-order valence-electron chi connectivity index (χ4n) is 1.94. The monoisotopic (exact) mass is 320 g/mol. The average molecular weight is 320 g/mol. The molecule has 0 aromatic heterocycles. The first kappa shape index (κ1) is 19.2. The SMILES string of the molecule is Cc1ccc(C(=O)OCCC(C)C)c(C(=O)OCCC(C)C)c1. The molecule has 0 fully saturated rings. The molecule has 4 heteroatoms. The lowest BCUT2D eigenvalue weighted by Crippen LogP contribution is -2.16. The van der Waals surface area contributed by atoms with Gasteiger partial charge in [-0.05, 0) is 43.7 Å². The smallest absolute Gasteiger partial charge is 0.339 e. The van der Waals surface area contributed by atoms with Crippen LogP contribution >= 0.6 is 0 Å². The normalized spacial score (nSPS) is 10.9. The van der Waals surface area contributed by atoms with Gasteiger partial charge in [0.25, 0.3) is 0 Å². The first-order valence-corrected chi connectivity index (χ1v) is 8.26. The Bertz CT molecular complexity index is 532. The number of esters is 2. The largest absolute Gasteiger partial charge is 0.462 e. The third-order valence-electron chi connectivity index (χ3n) is 3.47. The van der Waals surface area contributed by atoms with E-state index in [1.807, 2.05) is 6.92 Å². The molecule has 0 N–H and O–H groups in total. The van der Waals surface area contributed by atoms with Crippen LogP contribution in [0.1, 0.15) is 66.8 Å². The number of benzene rings is 1. The highest BCUT2D eigenvalue weighted by molar-refractivity contribution is 6.03. The third-order valence-corrected chi connectivity index (χ3v) is 3.47. The topological polar surface area (TPSA) is 52.6 Å². The average Bonchev–Trinajstić information content (AvgIpc) is 2.46. The van der Waals surface area contributed by atoms with Gasteiger partial charge in [-0.2, -0.15) is 0 Å². The lowest BCUT2D eigenvalue weighted by molar-refractivity contribution is 0.0440. The van der Waals surface area contributed by atoms with Gasteiger partial charge in [0.1, 0.15) is 0 Å². The van der Waals surface area contributed by atoms with E-state index in [9.17, 15) is 9.59 Å². The summed E-state index contributed by atoms with van der Waals surface area (Å²) in [5.41, 5.74) is 1.46. The van der Waals surface area contributed by atoms with Crippen LogP contribution in [0.15, 0.2) is 18.2 Å². The first-order chi connectivity index (χ1) is 10.8. The van der Waals surface area contributed by atoms with Gasteiger partial charge in [-0.25, -0.2) is 9.59 Å². The summed E-state index contributed by atoms with van der Waals surface area (Å²) in [7, 11) is 0. The van der Waals surface area contributed by atoms with Gasteiger partial charge in [0.2, 0.25) is 0 Å². The summed E-state index contributed by atoms with van der Waals surface area (Å²) >= 11 is 0. The summed E-state index contributed by atoms with van der Waals surface area (Å²) in [4.78, 5) is 24.5. The van der Waals surface area contributed by atoms with Gasteiger partial charge in [-0.3, -0.25) is 0 Å². The highest BCUT2D eigenvalue weighted by Crippen LogP contribution is 2.16. The Morgan fingerprint density at radius 1 is 0.870 bits per heavy atom. The number of aryl methyl sites for hydroxylation is 1. The highest BCUT2D eigenvalue weighted by atomic mass is 16.5. The van der Waals surface area contributed by atoms with Gasteiger partial charge >= 0.3 is 11.9 Å². The van der Waals surface area contributed by atoms with E-state index in [-0.39, 0.29) is 11.1 Å². The zero-order valence-electron chi connectivity index (χ0n) is 14.8. The minimum Gasteiger partial charge on any atom is -0.462 e. The van der Waals surface area contributed by atoms with Crippen molar-refractivity contribution in [2.75, 3.05) is 13.2 Å². The van der Waals surface area contributed by atoms with E-state index < -0.39 is 11.9 Å². The molecule has 0 aliphatic heterocycles. The molecule has 0 saturated carbocycles. The molecule has 1 aromatic carbocycles. The number of hydrogen-bond acceptors (Lipinski definition) is 4. The fourth-order valence-corrected chi connectivity index (χ4v) is 1.94. The van der Waals surface area contributed by atoms with Gasteiger partial charge in [-0.1, -0.05) is 39.3 Å². The standard InChI is InChI=1S/C19H28O4/c1-13(2)8-10-22-18(20)16-7-6-15(5)12-17(16)19(21)23-11-9-14(3)4/h6-7,12-14H,8-11H2,1-5H3. The lowest BCUT2D eigenvalue weighted by Gasteiger charge is -2.12. The number of rotatable bonds is 8. The molecule has 1 aromatic rings. The Morgan fingerprint density at radius 3 is 1.83 bits per heavy atom. The van der Waals surface area contributed by atoms with E-state index in [0.29, 0.717) is 25.0 Å². The molecule has 0 spiro atoms. The predicted molar refractivity (Wildman–Crippen MR) is 90.7 cm³/mol. The van der Waals surface area contributed by atoms with Crippen LogP contribution in [-0.2, 0) is 9.47 Å². The Balaban J connectivity index is 2.79. The molecule has 0 atom stereocenters. The van der Waals surface area contributed by atoms with E-state index in [0.717, 1.165) is 18.4 Å². The molecule has 0 heterocycles. The zero-order valence-corrected chi connectivity index (χ0v) is 14.8. The van der Waals surface area contributed by atoms with Crippen molar-refractivity contribution in [2.24, 2.45) is 11.8 Å². The van der Waals surface area contributed by atoms with Crippen molar-refractivity contribution in [3.05, 3.63) is 34.9 Å². The van der Waals surface area contributed by atoms with E-state index in [4.69, 9.17) is 9.47 Å². The molecular formula is C19H28O4. The molecule has 0 aliphatic carbocycles. The maximum Gasteiger partial charge on any atom is 0.339 e. The number of carbonyl (C=O) groups excluding carboxylic acids is 2. The van der Waals surface area contributed by atoms with Crippen molar-refractivity contribution < 1.29 is 19.1 Å². The first-order valence-electron chi connectivity index (χ1n) is 8.26. The molecule has 0 unspecified atom stereocenters. The Kier molecular flexibility index (Phi) is 7.79. The van der Waals surface area contributed by atoms with E-state index in [1.54, 1.807) is 18.2 Å². The van der Waals surface area contributed by atoms with Crippen LogP contribution in [0.3, 0.4) is 0 Å². The number of ether oxygens (including phenoxy) is 2. The molecule has 128 valence electrons. The van der Waals surface area contributed by atoms with E-state index in [2.05, 4.69) is 27.7 Å². The van der Waals surface area contributed by atoms with Gasteiger partial charge in [-0.15, -0.1) is 0 Å². The lowest BCUT2D eigenvalue weighted by atomic mass is 10.0. The van der Waals surface area contributed by atoms with E-state index in [1.165, 1.54) is 0 Å². The predicted octanol–water partition coefficient (Wildman–Crippen LogP) is 4.40. The number of hydrogen-bond donors (Lipinski definition) is 0. The summed E-state index contributed by atoms with van der Waals surface area (Å²) in [6, 6.07) is 5.10. The fraction of sp³-hybridized carbons (Fsp3) is 0.579. The molecule has 0 aliphatic rings. The van der Waals surface area contributed by atoms with Gasteiger partial charge in [0.15, 0.2) is 0 Å². The molecule has 1 rings (SSSR count). The second-order valence-corrected chi connectivity index (χ2v) is 6.69. The maximum atomic E-state index is 12.3. The molecule has 23 heavy (non-hydrogen) atoms. The summed E-state index contributed by atoms with van der Waals surface area (Å²) in [6.45, 7) is 10.8. The summed E-state index contributed by atoms with van der Waals surface area (Å²) < 4.78 is 10.5. The van der Waals surface area contributed by atoms with Crippen molar-refractivity contribution in [3.8, 4) is 0 Å². The van der Waals surface area contributed by atoms with Crippen molar-refractivity contribution in [1.82, 2.24) is 0 Å². The van der Waals surface area contributed by atoms with Crippen molar-refractivity contribution in [2.45, 2.75) is 47.5 Å². The molecule has 0 radical (unpaired) electrons. The van der Waals surface area contributed by atoms with Crippen LogP contribution < -0.4 is 0 Å². The molecule has 0 saturated heterocycles. The van der Waals surface area contributed by atoms with Crippen molar-refractivity contribution in [1.29, 1.82) is 0 Å². The highest BCUT2D eigenvalue weighted by Gasteiger charge is 2.20. The van der Waals surface area contributed by atoms with Crippen molar-refractivity contribution >= 4 is 11.9 Å². The summed E-state index contributed by atoms with van der Waals surface area (Å²) in [6.07, 6.45) is 1.59. The van der Waals surface area contributed by atoms with E-state index >= 15 is 0 Å². The van der Waals surface area contributed by atoms with Crippen LogP contribution in [-0.4, -0.2) is 25.2 Å². The second-order valence-electron chi connectivity index (χ2n) is 6.69. The Morgan fingerprint density at radius 2 is 1.35 bits per heavy atom. The van der Waals surface area contributed by atoms with Crippen LogP contribution in [0.5, 0.6) is 0 Å². The van der Waals surface area contributed by atoms with Crippen LogP contribution in [0, 0.1) is 18.8 Å². The quantitative estimate of drug-likeness (QED) is 0.666. The molecular weight excluding hydrogens is 292 g/mol. The van der Waals surface area contributed by atoms with Crippen LogP contribution in [0.4, 0.5) is 0 Å². The molecule has 4 nitrogen and oxygen atoms in total. The number of carbonyl (C=O) groups is 2. The van der Waals surface area contributed by atoms with Gasteiger partial charge in [0.05, 0.1) is 24.3 Å². The zero-order chi connectivity index (χ0) is 17.4. The molecule has 0 amide bonds. The molecule has 0 bridgehead atoms. The van der Waals surface area contributed by atoms with Crippen molar-refractivity contribution in [3.63, 3.8) is 0 Å². The summed E-state index contributed by atoms with van der Waals surface area (Å²) in [5.74, 6) is -0.0197. The minimum atomic E-state index is -0.471. The van der Waals surface area contributed by atoms with Gasteiger partial charge in [0, 0.05) is 0 Å². The van der Waals surface area contributed by atoms with Crippen LogP contribution in [0.2, 0.25) is 0 Å². The minimum absolute atomic E-state index is 0.272. The third kappa shape index (κ3) is 6.85. The maximum absolute atomic E-state index is 12.3. The van der Waals surface area contributed by atoms with Crippen LogP contribution in [0.25, 0.3) is 0 Å². The Hall–Kier alpha value is -1.84. The second kappa shape index (κ2) is 9.33. The summed E-state index contributed by atoms with van der Waals surface area (Å²) in [5, 5.41) is 0. The Labute approximate surface area is 139 Å². The van der Waals surface area contributed by atoms with Gasteiger partial charge < -0.3 is 9.47 Å².